The lowest BCUT2D eigenvalue weighted by Crippen LogP contribution is -2.43. The van der Waals surface area contributed by atoms with Crippen LogP contribution >= 0.6 is 0 Å². The molecule has 5 N–H and O–H groups in total. The molecule has 0 saturated heterocycles. The molecule has 0 rings (SSSR count). The van der Waals surface area contributed by atoms with Crippen LogP contribution in [0.1, 0.15) is 40.0 Å². The number of carbonyl (C=O) groups is 3. The number of halogens is 3. The van der Waals surface area contributed by atoms with E-state index >= 15 is 0 Å². The summed E-state index contributed by atoms with van der Waals surface area (Å²) in [6.45, 7) is 5.67. The monoisotopic (exact) mass is 360 g/mol. The molecule has 0 unspecified atom stereocenters. The fourth-order valence-corrected chi connectivity index (χ4v) is 1.20. The molecule has 0 aromatic rings. The molecule has 1 amide bonds. The summed E-state index contributed by atoms with van der Waals surface area (Å²) < 4.78 is 36.7. The molecule has 1 atom stereocenters. The van der Waals surface area contributed by atoms with Crippen LogP contribution in [-0.4, -0.2) is 52.6 Å². The van der Waals surface area contributed by atoms with Crippen molar-refractivity contribution in [2.45, 2.75) is 57.9 Å². The first-order valence-electron chi connectivity index (χ1n) is 6.93. The topological polar surface area (TPSA) is 139 Å². The molecule has 0 aliphatic carbocycles. The number of amides is 1. The van der Waals surface area contributed by atoms with Gasteiger partial charge in [-0.05, 0) is 46.6 Å². The zero-order valence-corrected chi connectivity index (χ0v) is 13.6. The van der Waals surface area contributed by atoms with Crippen LogP contribution in [0.2, 0.25) is 0 Å². The van der Waals surface area contributed by atoms with Crippen molar-refractivity contribution in [3.63, 3.8) is 0 Å². The predicted octanol–water partition coefficient (Wildman–Crippen LogP) is 1.73. The third kappa shape index (κ3) is 14.9. The number of ether oxygens (including phenoxy) is 1. The highest BCUT2D eigenvalue weighted by Gasteiger charge is 2.38. The zero-order valence-electron chi connectivity index (χ0n) is 13.6. The number of nitrogens with one attached hydrogen (secondary N) is 1. The Morgan fingerprint density at radius 1 is 1.12 bits per heavy atom. The maximum absolute atomic E-state index is 11.4. The quantitative estimate of drug-likeness (QED) is 0.529. The number of aliphatic carboxylic acids is 2. The van der Waals surface area contributed by atoms with Crippen LogP contribution < -0.4 is 11.1 Å². The minimum atomic E-state index is -5.08. The summed E-state index contributed by atoms with van der Waals surface area (Å²) in [5.74, 6) is -3.82. The van der Waals surface area contributed by atoms with Crippen LogP contribution in [0.3, 0.4) is 0 Å². The first-order valence-corrected chi connectivity index (χ1v) is 6.93. The number of nitrogens with two attached hydrogens (primary N) is 1. The Bertz CT molecular complexity index is 421. The van der Waals surface area contributed by atoms with Crippen molar-refractivity contribution in [1.82, 2.24) is 5.32 Å². The van der Waals surface area contributed by atoms with E-state index in [1.807, 2.05) is 0 Å². The lowest BCUT2D eigenvalue weighted by molar-refractivity contribution is -0.192. The Labute approximate surface area is 137 Å². The van der Waals surface area contributed by atoms with Gasteiger partial charge in [-0.25, -0.2) is 14.4 Å². The molecule has 24 heavy (non-hydrogen) atoms. The molecular formula is C13H23F3N2O6. The number of alkyl halides is 3. The normalized spacial score (nSPS) is 12.5. The Balaban J connectivity index is 0. The van der Waals surface area contributed by atoms with Gasteiger partial charge in [0.25, 0.3) is 0 Å². The van der Waals surface area contributed by atoms with Crippen molar-refractivity contribution < 1.29 is 42.5 Å². The van der Waals surface area contributed by atoms with Gasteiger partial charge in [-0.2, -0.15) is 13.2 Å². The number of hydrogen-bond donors (Lipinski definition) is 4. The summed E-state index contributed by atoms with van der Waals surface area (Å²) in [5, 5.41) is 18.4. The number of alkyl carbamates (subject to hydrolysis) is 1. The SMILES string of the molecule is CC(C)(C)OC(=O)N[C@@H](CCCCN)C(=O)O.O=C(O)C(F)(F)F. The van der Waals surface area contributed by atoms with Crippen molar-refractivity contribution >= 4 is 18.0 Å². The smallest absolute Gasteiger partial charge is 0.480 e. The molecule has 0 aromatic carbocycles. The second-order valence-corrected chi connectivity index (χ2v) is 5.62. The summed E-state index contributed by atoms with van der Waals surface area (Å²) in [7, 11) is 0. The highest BCUT2D eigenvalue weighted by Crippen LogP contribution is 2.13. The molecule has 0 bridgehead atoms. The van der Waals surface area contributed by atoms with E-state index in [2.05, 4.69) is 5.32 Å². The van der Waals surface area contributed by atoms with Crippen molar-refractivity contribution in [1.29, 1.82) is 0 Å². The van der Waals surface area contributed by atoms with Crippen molar-refractivity contribution in [3.05, 3.63) is 0 Å². The van der Waals surface area contributed by atoms with E-state index in [0.717, 1.165) is 6.42 Å². The van der Waals surface area contributed by atoms with Crippen LogP contribution in [0.25, 0.3) is 0 Å². The number of hydrogen-bond acceptors (Lipinski definition) is 5. The molecule has 11 heteroatoms. The number of carboxylic acids is 2. The van der Waals surface area contributed by atoms with Gasteiger partial charge in [0.15, 0.2) is 0 Å². The number of carboxylic acid groups (broad SMARTS) is 2. The maximum Gasteiger partial charge on any atom is 0.490 e. The van der Waals surface area contributed by atoms with Crippen LogP contribution in [0.15, 0.2) is 0 Å². The van der Waals surface area contributed by atoms with E-state index in [9.17, 15) is 22.8 Å². The summed E-state index contributed by atoms with van der Waals surface area (Å²) in [5.41, 5.74) is 4.68. The van der Waals surface area contributed by atoms with Crippen LogP contribution in [0, 0.1) is 0 Å². The van der Waals surface area contributed by atoms with E-state index in [-0.39, 0.29) is 0 Å². The maximum atomic E-state index is 11.4. The van der Waals surface area contributed by atoms with Crippen molar-refractivity contribution in [3.8, 4) is 0 Å². The van der Waals surface area contributed by atoms with E-state index in [4.69, 9.17) is 25.5 Å². The van der Waals surface area contributed by atoms with Gasteiger partial charge >= 0.3 is 24.2 Å². The van der Waals surface area contributed by atoms with Gasteiger partial charge in [0.1, 0.15) is 11.6 Å². The zero-order chi connectivity index (χ0) is 19.6. The van der Waals surface area contributed by atoms with E-state index in [0.29, 0.717) is 19.4 Å². The molecule has 8 nitrogen and oxygen atoms in total. The highest BCUT2D eigenvalue weighted by atomic mass is 19.4. The molecule has 0 spiro atoms. The van der Waals surface area contributed by atoms with Gasteiger partial charge in [-0.15, -0.1) is 0 Å². The highest BCUT2D eigenvalue weighted by molar-refractivity contribution is 5.79. The third-order valence-electron chi connectivity index (χ3n) is 2.18. The molecule has 0 aliphatic rings. The fraction of sp³-hybridized carbons (Fsp3) is 0.769. The largest absolute Gasteiger partial charge is 0.490 e. The lowest BCUT2D eigenvalue weighted by Gasteiger charge is -2.21. The van der Waals surface area contributed by atoms with Crippen molar-refractivity contribution in [2.75, 3.05) is 6.54 Å². The molecule has 0 radical (unpaired) electrons. The van der Waals surface area contributed by atoms with Gasteiger partial charge in [0, 0.05) is 0 Å². The van der Waals surface area contributed by atoms with Gasteiger partial charge in [0.2, 0.25) is 0 Å². The minimum Gasteiger partial charge on any atom is -0.480 e. The average molecular weight is 360 g/mol. The summed E-state index contributed by atoms with van der Waals surface area (Å²) >= 11 is 0. The second-order valence-electron chi connectivity index (χ2n) is 5.62. The Kier molecular flexibility index (Phi) is 10.8. The molecule has 0 aromatic heterocycles. The summed E-state index contributed by atoms with van der Waals surface area (Å²) in [6, 6.07) is -0.920. The lowest BCUT2D eigenvalue weighted by atomic mass is 10.1. The van der Waals surface area contributed by atoms with Gasteiger partial charge in [-0.3, -0.25) is 0 Å². The Hall–Kier alpha value is -2.04. The number of unbranched alkanes of at least 4 members (excludes halogenated alkanes) is 1. The molecular weight excluding hydrogens is 337 g/mol. The number of carbonyl (C=O) groups excluding carboxylic acids is 1. The van der Waals surface area contributed by atoms with E-state index < -0.39 is 35.9 Å². The van der Waals surface area contributed by atoms with E-state index in [1.165, 1.54) is 0 Å². The van der Waals surface area contributed by atoms with Gasteiger partial charge < -0.3 is 26.0 Å². The molecule has 0 heterocycles. The first kappa shape index (κ1) is 24.2. The molecule has 0 aliphatic heterocycles. The molecule has 0 saturated carbocycles. The molecule has 142 valence electrons. The van der Waals surface area contributed by atoms with Crippen LogP contribution in [-0.2, 0) is 14.3 Å². The van der Waals surface area contributed by atoms with Crippen molar-refractivity contribution in [2.24, 2.45) is 5.73 Å². The van der Waals surface area contributed by atoms with Gasteiger partial charge in [0.05, 0.1) is 0 Å². The number of rotatable bonds is 6. The first-order chi connectivity index (χ1) is 10.7. The van der Waals surface area contributed by atoms with E-state index in [1.54, 1.807) is 20.8 Å². The van der Waals surface area contributed by atoms with Crippen LogP contribution in [0.4, 0.5) is 18.0 Å². The summed E-state index contributed by atoms with van der Waals surface area (Å²) in [4.78, 5) is 31.2. The molecule has 0 fully saturated rings. The predicted molar refractivity (Wildman–Crippen MR) is 77.4 cm³/mol. The Morgan fingerprint density at radius 3 is 1.88 bits per heavy atom. The van der Waals surface area contributed by atoms with Gasteiger partial charge in [-0.1, -0.05) is 0 Å². The fourth-order valence-electron chi connectivity index (χ4n) is 1.20. The third-order valence-corrected chi connectivity index (χ3v) is 2.18. The standard InChI is InChI=1S/C11H22N2O4.C2HF3O2/c1-11(2,3)17-10(16)13-8(9(14)15)6-4-5-7-12;3-2(4,5)1(6)7/h8H,4-7,12H2,1-3H3,(H,13,16)(H,14,15);(H,6,7)/t8-;/m0./s1. The summed E-state index contributed by atoms with van der Waals surface area (Å²) in [6.07, 6.45) is -4.05. The Morgan fingerprint density at radius 2 is 1.58 bits per heavy atom. The van der Waals surface area contributed by atoms with Crippen LogP contribution in [0.5, 0.6) is 0 Å². The average Bonchev–Trinajstić information content (AvgIpc) is 2.34. The second kappa shape index (κ2) is 10.7. The minimum absolute atomic E-state index is 0.353.